The van der Waals surface area contributed by atoms with E-state index >= 15 is 0 Å². The van der Waals surface area contributed by atoms with Crippen LogP contribution in [0.15, 0.2) is 0 Å². The first-order valence-electron chi connectivity index (χ1n) is 6.96. The van der Waals surface area contributed by atoms with Gasteiger partial charge in [0.1, 0.15) is 0 Å². The molecule has 4 nitrogen and oxygen atoms in total. The first-order chi connectivity index (χ1) is 9.13. The number of thiazole rings is 1. The Bertz CT molecular complexity index is 445. The maximum absolute atomic E-state index is 11.5. The quantitative estimate of drug-likeness (QED) is 0.857. The Morgan fingerprint density at radius 3 is 3.00 bits per heavy atom. The molecule has 1 aliphatic rings. The van der Waals surface area contributed by atoms with Gasteiger partial charge in [-0.05, 0) is 25.7 Å². The number of nitrogens with zero attached hydrogens (tertiary/aromatic N) is 1. The summed E-state index contributed by atoms with van der Waals surface area (Å²) in [4.78, 5) is 16.8. The van der Waals surface area contributed by atoms with Gasteiger partial charge in [0.15, 0.2) is 10.8 Å². The Morgan fingerprint density at radius 1 is 1.53 bits per heavy atom. The first-order valence-corrected chi connectivity index (χ1v) is 7.78. The molecule has 1 fully saturated rings. The molecule has 0 saturated heterocycles. The van der Waals surface area contributed by atoms with Crippen LogP contribution in [-0.4, -0.2) is 24.1 Å². The van der Waals surface area contributed by atoms with E-state index in [-0.39, 0.29) is 5.97 Å². The van der Waals surface area contributed by atoms with Crippen LogP contribution in [0.2, 0.25) is 0 Å². The van der Waals surface area contributed by atoms with Crippen molar-refractivity contribution in [2.75, 3.05) is 12.4 Å². The van der Waals surface area contributed by atoms with Gasteiger partial charge >= 0.3 is 5.97 Å². The number of aryl methyl sites for hydroxylation is 1. The molecular weight excluding hydrogens is 260 g/mol. The van der Waals surface area contributed by atoms with E-state index in [0.717, 1.165) is 15.9 Å². The highest BCUT2D eigenvalue weighted by Gasteiger charge is 2.22. The lowest BCUT2D eigenvalue weighted by Gasteiger charge is -2.28. The van der Waals surface area contributed by atoms with Gasteiger partial charge in [0.05, 0.1) is 7.11 Å². The van der Waals surface area contributed by atoms with E-state index in [4.69, 9.17) is 4.74 Å². The lowest BCUT2D eigenvalue weighted by molar-refractivity contribution is 0.0594. The Hall–Kier alpha value is -1.10. The molecule has 0 aromatic carbocycles. The number of hydrogen-bond donors (Lipinski definition) is 1. The molecule has 0 aliphatic heterocycles. The van der Waals surface area contributed by atoms with Crippen molar-refractivity contribution in [1.29, 1.82) is 0 Å². The second-order valence-electron chi connectivity index (χ2n) is 5.20. The molecule has 0 amide bonds. The number of hydrogen-bond acceptors (Lipinski definition) is 5. The van der Waals surface area contributed by atoms with Crippen LogP contribution >= 0.6 is 11.3 Å². The van der Waals surface area contributed by atoms with Crippen LogP contribution in [0.3, 0.4) is 0 Å². The van der Waals surface area contributed by atoms with Crippen molar-refractivity contribution in [2.45, 2.75) is 52.0 Å². The molecule has 1 aliphatic carbocycles. The van der Waals surface area contributed by atoms with Crippen LogP contribution in [0.4, 0.5) is 5.13 Å². The summed E-state index contributed by atoms with van der Waals surface area (Å²) in [5.41, 5.74) is 0.442. The molecule has 1 aromatic rings. The third-order valence-corrected chi connectivity index (χ3v) is 4.77. The van der Waals surface area contributed by atoms with Gasteiger partial charge in [0.25, 0.3) is 0 Å². The van der Waals surface area contributed by atoms with E-state index < -0.39 is 0 Å². The molecule has 2 atom stereocenters. The van der Waals surface area contributed by atoms with Gasteiger partial charge in [0.2, 0.25) is 0 Å². The number of carbonyl (C=O) groups excluding carboxylic acids is 1. The fourth-order valence-corrected chi connectivity index (χ4v) is 3.59. The van der Waals surface area contributed by atoms with Crippen LogP contribution in [0.1, 0.15) is 54.4 Å². The SMILES string of the molecule is CCC1CCCC(Nc2nc(C(=O)OC)c(C)s2)C1. The number of methoxy groups -OCH3 is 1. The highest BCUT2D eigenvalue weighted by atomic mass is 32.1. The number of nitrogens with one attached hydrogen (secondary N) is 1. The smallest absolute Gasteiger partial charge is 0.357 e. The van der Waals surface area contributed by atoms with Crippen LogP contribution in [0.25, 0.3) is 0 Å². The minimum absolute atomic E-state index is 0.350. The van der Waals surface area contributed by atoms with Gasteiger partial charge < -0.3 is 10.1 Å². The Kier molecular flexibility index (Phi) is 4.80. The summed E-state index contributed by atoms with van der Waals surface area (Å²) in [6.45, 7) is 4.17. The third kappa shape index (κ3) is 3.47. The zero-order valence-corrected chi connectivity index (χ0v) is 12.7. The van der Waals surface area contributed by atoms with Crippen molar-refractivity contribution < 1.29 is 9.53 Å². The second-order valence-corrected chi connectivity index (χ2v) is 6.40. The van der Waals surface area contributed by atoms with Crippen molar-refractivity contribution in [2.24, 2.45) is 5.92 Å². The molecule has 1 saturated carbocycles. The van der Waals surface area contributed by atoms with Crippen molar-refractivity contribution >= 4 is 22.4 Å². The number of ether oxygens (including phenoxy) is 1. The third-order valence-electron chi connectivity index (χ3n) is 3.86. The van der Waals surface area contributed by atoms with Crippen LogP contribution in [-0.2, 0) is 4.74 Å². The molecule has 2 unspecified atom stereocenters. The van der Waals surface area contributed by atoms with Gasteiger partial charge in [-0.1, -0.05) is 26.2 Å². The maximum Gasteiger partial charge on any atom is 0.357 e. The molecule has 2 rings (SSSR count). The normalized spacial score (nSPS) is 23.1. The summed E-state index contributed by atoms with van der Waals surface area (Å²) < 4.78 is 4.73. The van der Waals surface area contributed by atoms with Gasteiger partial charge in [-0.2, -0.15) is 0 Å². The van der Waals surface area contributed by atoms with Gasteiger partial charge in [-0.3, -0.25) is 0 Å². The van der Waals surface area contributed by atoms with Crippen molar-refractivity contribution in [3.63, 3.8) is 0 Å². The number of rotatable bonds is 4. The van der Waals surface area contributed by atoms with E-state index in [9.17, 15) is 4.79 Å². The second kappa shape index (κ2) is 6.37. The van der Waals surface area contributed by atoms with E-state index in [2.05, 4.69) is 17.2 Å². The summed E-state index contributed by atoms with van der Waals surface area (Å²) in [6, 6.07) is 0.495. The Labute approximate surface area is 118 Å². The summed E-state index contributed by atoms with van der Waals surface area (Å²) >= 11 is 1.54. The van der Waals surface area contributed by atoms with E-state index in [0.29, 0.717) is 11.7 Å². The molecule has 1 aromatic heterocycles. The van der Waals surface area contributed by atoms with E-state index in [1.165, 1.54) is 50.6 Å². The number of esters is 1. The van der Waals surface area contributed by atoms with Crippen LogP contribution in [0.5, 0.6) is 0 Å². The van der Waals surface area contributed by atoms with Crippen molar-refractivity contribution in [3.05, 3.63) is 10.6 Å². The molecule has 5 heteroatoms. The van der Waals surface area contributed by atoms with Crippen LogP contribution < -0.4 is 5.32 Å². The molecule has 1 N–H and O–H groups in total. The zero-order valence-electron chi connectivity index (χ0n) is 11.9. The maximum atomic E-state index is 11.5. The Morgan fingerprint density at radius 2 is 2.32 bits per heavy atom. The van der Waals surface area contributed by atoms with Gasteiger partial charge in [-0.15, -0.1) is 11.3 Å². The number of carbonyl (C=O) groups is 1. The predicted octanol–water partition coefficient (Wildman–Crippen LogP) is 3.62. The highest BCUT2D eigenvalue weighted by Crippen LogP contribution is 2.30. The average molecular weight is 282 g/mol. The summed E-state index contributed by atoms with van der Waals surface area (Å²) in [5, 5.41) is 4.33. The lowest BCUT2D eigenvalue weighted by atomic mass is 9.84. The molecular formula is C14H22N2O2S. The molecule has 0 bridgehead atoms. The highest BCUT2D eigenvalue weighted by molar-refractivity contribution is 7.15. The van der Waals surface area contributed by atoms with Crippen molar-refractivity contribution in [3.8, 4) is 0 Å². The minimum Gasteiger partial charge on any atom is -0.464 e. The first kappa shape index (κ1) is 14.3. The van der Waals surface area contributed by atoms with Crippen LogP contribution in [0, 0.1) is 12.8 Å². The lowest BCUT2D eigenvalue weighted by Crippen LogP contribution is -2.27. The summed E-state index contributed by atoms with van der Waals surface area (Å²) in [6.07, 6.45) is 6.29. The largest absolute Gasteiger partial charge is 0.464 e. The monoisotopic (exact) mass is 282 g/mol. The number of anilines is 1. The predicted molar refractivity (Wildman–Crippen MR) is 77.9 cm³/mol. The molecule has 0 radical (unpaired) electrons. The topological polar surface area (TPSA) is 51.2 Å². The van der Waals surface area contributed by atoms with E-state index in [1.807, 2.05) is 6.92 Å². The fourth-order valence-electron chi connectivity index (χ4n) is 2.71. The van der Waals surface area contributed by atoms with Gasteiger partial charge in [-0.25, -0.2) is 9.78 Å². The molecule has 19 heavy (non-hydrogen) atoms. The number of aromatic nitrogens is 1. The summed E-state index contributed by atoms with van der Waals surface area (Å²) in [7, 11) is 1.39. The molecule has 1 heterocycles. The minimum atomic E-state index is -0.350. The fraction of sp³-hybridized carbons (Fsp3) is 0.714. The Balaban J connectivity index is 2.01. The van der Waals surface area contributed by atoms with Gasteiger partial charge in [0, 0.05) is 10.9 Å². The van der Waals surface area contributed by atoms with Crippen molar-refractivity contribution in [1.82, 2.24) is 4.98 Å². The molecule has 0 spiro atoms. The molecule has 106 valence electrons. The zero-order chi connectivity index (χ0) is 13.8. The summed E-state index contributed by atoms with van der Waals surface area (Å²) in [5.74, 6) is 0.476. The standard InChI is InChI=1S/C14H22N2O2S/c1-4-10-6-5-7-11(8-10)15-14-16-12(9(2)19-14)13(17)18-3/h10-11H,4-8H2,1-3H3,(H,15,16). The average Bonchev–Trinajstić information content (AvgIpc) is 2.79. The van der Waals surface area contributed by atoms with E-state index in [1.54, 1.807) is 0 Å².